The molecule has 0 spiro atoms. The van der Waals surface area contributed by atoms with Gasteiger partial charge < -0.3 is 20.5 Å². The molecule has 1 aliphatic heterocycles. The molecule has 0 aliphatic carbocycles. The summed E-state index contributed by atoms with van der Waals surface area (Å²) in [5.74, 6) is -0.732. The van der Waals surface area contributed by atoms with Crippen molar-refractivity contribution >= 4 is 5.91 Å². The van der Waals surface area contributed by atoms with Gasteiger partial charge in [0.15, 0.2) is 5.79 Å². The van der Waals surface area contributed by atoms with Gasteiger partial charge in [0.25, 0.3) is 5.91 Å². The number of pyridine rings is 1. The molecule has 1 aromatic heterocycles. The second-order valence-electron chi connectivity index (χ2n) is 4.90. The molecule has 6 heteroatoms. The highest BCUT2D eigenvalue weighted by Gasteiger charge is 2.32. The second kappa shape index (κ2) is 5.64. The molecule has 1 aliphatic rings. The van der Waals surface area contributed by atoms with E-state index < -0.39 is 5.79 Å². The van der Waals surface area contributed by atoms with Crippen LogP contribution in [0.5, 0.6) is 0 Å². The number of carbonyl (C=O) groups is 1. The van der Waals surface area contributed by atoms with Crippen LogP contribution < -0.4 is 11.1 Å². The Morgan fingerprint density at radius 1 is 1.63 bits per heavy atom. The molecule has 0 bridgehead atoms. The predicted molar refractivity (Wildman–Crippen MR) is 69.4 cm³/mol. The van der Waals surface area contributed by atoms with Gasteiger partial charge in [0, 0.05) is 24.8 Å². The van der Waals surface area contributed by atoms with Crippen molar-refractivity contribution in [3.63, 3.8) is 0 Å². The van der Waals surface area contributed by atoms with Crippen LogP contribution in [0.25, 0.3) is 0 Å². The van der Waals surface area contributed by atoms with Gasteiger partial charge in [-0.1, -0.05) is 0 Å². The summed E-state index contributed by atoms with van der Waals surface area (Å²) >= 11 is 0. The average molecular weight is 265 g/mol. The first kappa shape index (κ1) is 13.9. The Balaban J connectivity index is 1.87. The molecule has 1 fully saturated rings. The second-order valence-corrected chi connectivity index (χ2v) is 4.90. The highest BCUT2D eigenvalue weighted by Crippen LogP contribution is 2.21. The van der Waals surface area contributed by atoms with Crippen LogP contribution in [0.3, 0.4) is 0 Å². The van der Waals surface area contributed by atoms with Crippen molar-refractivity contribution < 1.29 is 14.3 Å². The normalized spacial score (nSPS) is 21.3. The fourth-order valence-corrected chi connectivity index (χ4v) is 1.90. The molecule has 1 atom stereocenters. The zero-order valence-corrected chi connectivity index (χ0v) is 11.2. The van der Waals surface area contributed by atoms with Crippen LogP contribution in [0.2, 0.25) is 0 Å². The van der Waals surface area contributed by atoms with Crippen molar-refractivity contribution in [1.82, 2.24) is 10.3 Å². The van der Waals surface area contributed by atoms with Crippen molar-refractivity contribution in [2.45, 2.75) is 32.3 Å². The number of aromatic nitrogens is 1. The summed E-state index contributed by atoms with van der Waals surface area (Å²) in [6.07, 6.45) is 1.46. The zero-order valence-electron chi connectivity index (χ0n) is 11.2. The molecule has 104 valence electrons. The summed E-state index contributed by atoms with van der Waals surface area (Å²) in [4.78, 5) is 16.0. The van der Waals surface area contributed by atoms with E-state index in [9.17, 15) is 4.79 Å². The summed E-state index contributed by atoms with van der Waals surface area (Å²) in [5, 5.41) is 2.82. The van der Waals surface area contributed by atoms with Gasteiger partial charge in [0.2, 0.25) is 0 Å². The quantitative estimate of drug-likeness (QED) is 0.824. The first-order chi connectivity index (χ1) is 9.00. The van der Waals surface area contributed by atoms with E-state index >= 15 is 0 Å². The highest BCUT2D eigenvalue weighted by atomic mass is 16.7. The number of hydrogen-bond acceptors (Lipinski definition) is 5. The van der Waals surface area contributed by atoms with Crippen LogP contribution in [0.15, 0.2) is 18.3 Å². The molecular formula is C13H19N3O3. The van der Waals surface area contributed by atoms with E-state index in [1.165, 1.54) is 0 Å². The van der Waals surface area contributed by atoms with Crippen LogP contribution in [0, 0.1) is 0 Å². The molecule has 1 amide bonds. The molecule has 3 N–H and O–H groups in total. The maximum atomic E-state index is 12.0. The van der Waals surface area contributed by atoms with Crippen LogP contribution in [-0.4, -0.2) is 35.9 Å². The number of carbonyl (C=O) groups excluding carboxylic acids is 1. The smallest absolute Gasteiger partial charge is 0.251 e. The molecule has 1 unspecified atom stereocenters. The number of nitrogens with two attached hydrogens (primary N) is 1. The molecule has 0 saturated carbocycles. The van der Waals surface area contributed by atoms with Crippen molar-refractivity contribution in [3.8, 4) is 0 Å². The average Bonchev–Trinajstić information content (AvgIpc) is 2.75. The maximum Gasteiger partial charge on any atom is 0.251 e. The Bertz CT molecular complexity index is 462. The zero-order chi connectivity index (χ0) is 13.9. The lowest BCUT2D eigenvalue weighted by Crippen LogP contribution is -2.34. The molecular weight excluding hydrogens is 246 g/mol. The van der Waals surface area contributed by atoms with E-state index in [1.807, 2.05) is 13.8 Å². The molecule has 0 aromatic carbocycles. The third-order valence-corrected chi connectivity index (χ3v) is 2.85. The van der Waals surface area contributed by atoms with Crippen molar-refractivity contribution in [3.05, 3.63) is 29.6 Å². The number of hydrogen-bond donors (Lipinski definition) is 2. The Labute approximate surface area is 112 Å². The van der Waals surface area contributed by atoms with E-state index in [1.54, 1.807) is 18.3 Å². The van der Waals surface area contributed by atoms with Gasteiger partial charge in [0.05, 0.1) is 12.3 Å². The fraction of sp³-hybridized carbons (Fsp3) is 0.538. The van der Waals surface area contributed by atoms with E-state index in [0.717, 1.165) is 0 Å². The fourth-order valence-electron chi connectivity index (χ4n) is 1.90. The summed E-state index contributed by atoms with van der Waals surface area (Å²) in [6.45, 7) is 4.92. The van der Waals surface area contributed by atoms with E-state index in [2.05, 4.69) is 10.3 Å². The molecule has 1 saturated heterocycles. The SMILES string of the molecule is CC1(C)OCC(CNC(=O)c2ccnc(CN)c2)O1. The third kappa shape index (κ3) is 3.73. The Morgan fingerprint density at radius 2 is 2.42 bits per heavy atom. The van der Waals surface area contributed by atoms with Gasteiger partial charge in [-0.3, -0.25) is 9.78 Å². The Hall–Kier alpha value is -1.50. The topological polar surface area (TPSA) is 86.5 Å². The number of amides is 1. The van der Waals surface area contributed by atoms with Gasteiger partial charge in [0.1, 0.15) is 6.10 Å². The number of nitrogens with zero attached hydrogens (tertiary/aromatic N) is 1. The summed E-state index contributed by atoms with van der Waals surface area (Å²) in [7, 11) is 0. The van der Waals surface area contributed by atoms with Gasteiger partial charge in [-0.2, -0.15) is 0 Å². The monoisotopic (exact) mass is 265 g/mol. The predicted octanol–water partition coefficient (Wildman–Crippen LogP) is 0.422. The van der Waals surface area contributed by atoms with Crippen molar-refractivity contribution in [1.29, 1.82) is 0 Å². The molecule has 1 aromatic rings. The van der Waals surface area contributed by atoms with Gasteiger partial charge in [-0.25, -0.2) is 0 Å². The van der Waals surface area contributed by atoms with E-state index in [0.29, 0.717) is 31.0 Å². The van der Waals surface area contributed by atoms with Crippen molar-refractivity contribution in [2.24, 2.45) is 5.73 Å². The highest BCUT2D eigenvalue weighted by molar-refractivity contribution is 5.94. The first-order valence-corrected chi connectivity index (χ1v) is 6.25. The van der Waals surface area contributed by atoms with Crippen LogP contribution in [-0.2, 0) is 16.0 Å². The standard InChI is InChI=1S/C13H19N3O3/c1-13(2)18-8-11(19-13)7-16-12(17)9-3-4-15-10(5-9)6-14/h3-5,11H,6-8,14H2,1-2H3,(H,16,17). The van der Waals surface area contributed by atoms with Gasteiger partial charge in [-0.05, 0) is 26.0 Å². The first-order valence-electron chi connectivity index (χ1n) is 6.25. The lowest BCUT2D eigenvalue weighted by Gasteiger charge is -2.17. The van der Waals surface area contributed by atoms with Crippen LogP contribution in [0.4, 0.5) is 0 Å². The summed E-state index contributed by atoms with van der Waals surface area (Å²) in [5.41, 5.74) is 6.73. The molecule has 2 rings (SSSR count). The minimum Gasteiger partial charge on any atom is -0.349 e. The van der Waals surface area contributed by atoms with Crippen LogP contribution in [0.1, 0.15) is 29.9 Å². The summed E-state index contributed by atoms with van der Waals surface area (Å²) < 4.78 is 11.0. The summed E-state index contributed by atoms with van der Waals surface area (Å²) in [6, 6.07) is 3.34. The minimum atomic E-state index is -0.571. The van der Waals surface area contributed by atoms with Gasteiger partial charge in [-0.15, -0.1) is 0 Å². The molecule has 6 nitrogen and oxygen atoms in total. The number of ether oxygens (including phenoxy) is 2. The Morgan fingerprint density at radius 3 is 3.05 bits per heavy atom. The minimum absolute atomic E-state index is 0.116. The lowest BCUT2D eigenvalue weighted by molar-refractivity contribution is -0.137. The molecule has 19 heavy (non-hydrogen) atoms. The lowest BCUT2D eigenvalue weighted by atomic mass is 10.2. The maximum absolute atomic E-state index is 12.0. The van der Waals surface area contributed by atoms with E-state index in [-0.39, 0.29) is 12.0 Å². The number of rotatable bonds is 4. The van der Waals surface area contributed by atoms with E-state index in [4.69, 9.17) is 15.2 Å². The largest absolute Gasteiger partial charge is 0.349 e. The molecule has 2 heterocycles. The Kier molecular flexibility index (Phi) is 4.14. The van der Waals surface area contributed by atoms with Gasteiger partial charge >= 0.3 is 0 Å². The third-order valence-electron chi connectivity index (χ3n) is 2.85. The molecule has 0 radical (unpaired) electrons. The van der Waals surface area contributed by atoms with Crippen LogP contribution >= 0.6 is 0 Å². The number of nitrogens with one attached hydrogen (secondary N) is 1. The van der Waals surface area contributed by atoms with Crippen molar-refractivity contribution in [2.75, 3.05) is 13.2 Å².